The highest BCUT2D eigenvalue weighted by molar-refractivity contribution is 5.34. The van der Waals surface area contributed by atoms with Crippen LogP contribution in [0.25, 0.3) is 0 Å². The van der Waals surface area contributed by atoms with Gasteiger partial charge in [-0.15, -0.1) is 0 Å². The molecule has 0 saturated heterocycles. The number of fused-ring (bicyclic) bond motifs is 1. The molecule has 0 amide bonds. The van der Waals surface area contributed by atoms with Gasteiger partial charge in [-0.25, -0.2) is 0 Å². The fraction of sp³-hybridized carbons (Fsp3) is 0.647. The van der Waals surface area contributed by atoms with Crippen LogP contribution in [-0.4, -0.2) is 37.7 Å². The van der Waals surface area contributed by atoms with Crippen LogP contribution in [0.15, 0.2) is 24.3 Å². The highest BCUT2D eigenvalue weighted by Crippen LogP contribution is 2.36. The Morgan fingerprint density at radius 1 is 1.24 bits per heavy atom. The van der Waals surface area contributed by atoms with Crippen LogP contribution in [0.1, 0.15) is 37.8 Å². The van der Waals surface area contributed by atoms with Crippen LogP contribution < -0.4 is 18.1 Å². The Balaban J connectivity index is 0.00000220. The molecular formula is C17H28ClN2O-. The minimum Gasteiger partial charge on any atom is -1.00 e. The van der Waals surface area contributed by atoms with Gasteiger partial charge in [0.2, 0.25) is 0 Å². The van der Waals surface area contributed by atoms with Gasteiger partial charge in [0.1, 0.15) is 5.60 Å². The lowest BCUT2D eigenvalue weighted by atomic mass is 9.83. The summed E-state index contributed by atoms with van der Waals surface area (Å²) in [4.78, 5) is 2.46. The summed E-state index contributed by atoms with van der Waals surface area (Å²) in [6.45, 7) is 9.15. The van der Waals surface area contributed by atoms with Gasteiger partial charge in [0.25, 0.3) is 0 Å². The van der Waals surface area contributed by atoms with E-state index in [1.54, 1.807) is 0 Å². The summed E-state index contributed by atoms with van der Waals surface area (Å²) >= 11 is 0. The number of hydrogen-bond donors (Lipinski definition) is 1. The number of ether oxygens (including phenoxy) is 1. The lowest BCUT2D eigenvalue weighted by molar-refractivity contribution is -0.0617. The highest BCUT2D eigenvalue weighted by Gasteiger charge is 2.35. The van der Waals surface area contributed by atoms with Gasteiger partial charge < -0.3 is 27.8 Å². The second kappa shape index (κ2) is 8.74. The van der Waals surface area contributed by atoms with Gasteiger partial charge in [-0.1, -0.05) is 38.1 Å². The first-order valence-electron chi connectivity index (χ1n) is 7.90. The third-order valence-electron chi connectivity index (χ3n) is 4.54. The summed E-state index contributed by atoms with van der Waals surface area (Å²) in [5, 5.41) is 0. The first kappa shape index (κ1) is 18.4. The van der Waals surface area contributed by atoms with Crippen molar-refractivity contribution in [2.75, 3.05) is 32.8 Å². The van der Waals surface area contributed by atoms with Crippen LogP contribution in [0.4, 0.5) is 0 Å². The average molecular weight is 312 g/mol. The summed E-state index contributed by atoms with van der Waals surface area (Å²) in [6, 6.07) is 8.62. The zero-order valence-corrected chi connectivity index (χ0v) is 14.0. The van der Waals surface area contributed by atoms with E-state index in [4.69, 9.17) is 10.5 Å². The number of nitrogens with two attached hydrogens (primary N) is 1. The van der Waals surface area contributed by atoms with Crippen LogP contribution >= 0.6 is 0 Å². The van der Waals surface area contributed by atoms with E-state index in [0.717, 1.165) is 45.5 Å². The van der Waals surface area contributed by atoms with Crippen molar-refractivity contribution in [1.29, 1.82) is 0 Å². The van der Waals surface area contributed by atoms with Crippen LogP contribution in [0.3, 0.4) is 0 Å². The van der Waals surface area contributed by atoms with Crippen molar-refractivity contribution >= 4 is 0 Å². The molecule has 0 aliphatic carbocycles. The van der Waals surface area contributed by atoms with E-state index < -0.39 is 0 Å². The minimum atomic E-state index is -0.262. The third-order valence-corrected chi connectivity index (χ3v) is 4.54. The molecule has 4 heteroatoms. The van der Waals surface area contributed by atoms with Gasteiger partial charge >= 0.3 is 0 Å². The van der Waals surface area contributed by atoms with Gasteiger partial charge in [-0.3, -0.25) is 0 Å². The van der Waals surface area contributed by atoms with Crippen molar-refractivity contribution in [2.45, 2.75) is 38.7 Å². The quantitative estimate of drug-likeness (QED) is 0.740. The van der Waals surface area contributed by atoms with Gasteiger partial charge in [0, 0.05) is 6.54 Å². The van der Waals surface area contributed by atoms with Gasteiger partial charge in [-0.2, -0.15) is 0 Å². The molecule has 120 valence electrons. The Morgan fingerprint density at radius 3 is 2.62 bits per heavy atom. The lowest BCUT2D eigenvalue weighted by Crippen LogP contribution is -3.00. The molecule has 0 fully saturated rings. The SMILES string of the molecule is CCN(CC)CCCC1(CN)OCCc2ccccc21.[Cl-]. The van der Waals surface area contributed by atoms with E-state index >= 15 is 0 Å². The van der Waals surface area contributed by atoms with Gasteiger partial charge in [-0.05, 0) is 50.0 Å². The topological polar surface area (TPSA) is 38.5 Å². The monoisotopic (exact) mass is 311 g/mol. The average Bonchev–Trinajstić information content (AvgIpc) is 2.51. The highest BCUT2D eigenvalue weighted by atomic mass is 35.5. The normalized spacial score (nSPS) is 21.0. The maximum Gasteiger partial charge on any atom is 0.106 e. The largest absolute Gasteiger partial charge is 1.00 e. The van der Waals surface area contributed by atoms with Crippen LogP contribution in [0.2, 0.25) is 0 Å². The first-order valence-corrected chi connectivity index (χ1v) is 7.90. The molecule has 1 aromatic rings. The maximum absolute atomic E-state index is 6.15. The minimum absolute atomic E-state index is 0. The fourth-order valence-corrected chi connectivity index (χ4v) is 3.22. The smallest absolute Gasteiger partial charge is 0.106 e. The molecule has 2 rings (SSSR count). The fourth-order valence-electron chi connectivity index (χ4n) is 3.22. The molecule has 0 aromatic heterocycles. The van der Waals surface area contributed by atoms with E-state index in [-0.39, 0.29) is 18.0 Å². The third kappa shape index (κ3) is 4.19. The Labute approximate surface area is 135 Å². The zero-order valence-electron chi connectivity index (χ0n) is 13.3. The Morgan fingerprint density at radius 2 is 1.95 bits per heavy atom. The van der Waals surface area contributed by atoms with Crippen LogP contribution in [-0.2, 0) is 16.8 Å². The number of halogens is 1. The maximum atomic E-state index is 6.15. The molecule has 1 aliphatic heterocycles. The molecule has 0 bridgehead atoms. The number of nitrogens with zero attached hydrogens (tertiary/aromatic N) is 1. The molecule has 1 aromatic carbocycles. The summed E-state index contributed by atoms with van der Waals surface area (Å²) in [5.74, 6) is 0. The van der Waals surface area contributed by atoms with E-state index in [2.05, 4.69) is 43.0 Å². The van der Waals surface area contributed by atoms with Gasteiger partial charge in [0.05, 0.1) is 6.61 Å². The second-order valence-corrected chi connectivity index (χ2v) is 5.58. The Kier molecular flexibility index (Phi) is 7.67. The van der Waals surface area contributed by atoms with E-state index in [0.29, 0.717) is 6.54 Å². The molecule has 0 spiro atoms. The molecule has 1 heterocycles. The van der Waals surface area contributed by atoms with Crippen LogP contribution in [0, 0.1) is 0 Å². The first-order chi connectivity index (χ1) is 9.75. The van der Waals surface area contributed by atoms with Crippen LogP contribution in [0.5, 0.6) is 0 Å². The zero-order chi connectivity index (χ0) is 14.4. The van der Waals surface area contributed by atoms with Crippen molar-refractivity contribution in [2.24, 2.45) is 5.73 Å². The standard InChI is InChI=1S/C17H28N2O.ClH/c1-3-19(4-2)12-7-11-17(14-18)16-9-6-5-8-15(16)10-13-20-17;/h5-6,8-9H,3-4,7,10-14,18H2,1-2H3;1H/p-1. The molecular weight excluding hydrogens is 284 g/mol. The molecule has 3 nitrogen and oxygen atoms in total. The summed E-state index contributed by atoms with van der Waals surface area (Å²) in [5.41, 5.74) is 8.56. The number of benzene rings is 1. The van der Waals surface area contributed by atoms with Crippen molar-refractivity contribution in [3.8, 4) is 0 Å². The Hall–Kier alpha value is -0.610. The molecule has 2 N–H and O–H groups in total. The van der Waals surface area contributed by atoms with E-state index in [1.165, 1.54) is 11.1 Å². The second-order valence-electron chi connectivity index (χ2n) is 5.58. The van der Waals surface area contributed by atoms with Crippen molar-refractivity contribution in [1.82, 2.24) is 4.90 Å². The van der Waals surface area contributed by atoms with Crippen molar-refractivity contribution < 1.29 is 17.1 Å². The molecule has 1 aliphatic rings. The molecule has 21 heavy (non-hydrogen) atoms. The number of hydrogen-bond acceptors (Lipinski definition) is 3. The lowest BCUT2D eigenvalue weighted by Gasteiger charge is -2.39. The molecule has 1 atom stereocenters. The van der Waals surface area contributed by atoms with E-state index in [1.807, 2.05) is 0 Å². The predicted molar refractivity (Wildman–Crippen MR) is 83.9 cm³/mol. The summed E-state index contributed by atoms with van der Waals surface area (Å²) < 4.78 is 6.15. The molecule has 0 radical (unpaired) electrons. The van der Waals surface area contributed by atoms with Crippen molar-refractivity contribution in [3.05, 3.63) is 35.4 Å². The molecule has 0 saturated carbocycles. The van der Waals surface area contributed by atoms with E-state index in [9.17, 15) is 0 Å². The van der Waals surface area contributed by atoms with Gasteiger partial charge in [0.15, 0.2) is 0 Å². The Bertz CT molecular complexity index is 423. The summed E-state index contributed by atoms with van der Waals surface area (Å²) in [7, 11) is 0. The summed E-state index contributed by atoms with van der Waals surface area (Å²) in [6.07, 6.45) is 3.15. The number of rotatable bonds is 7. The molecule has 1 unspecified atom stereocenters. The van der Waals surface area contributed by atoms with Crippen molar-refractivity contribution in [3.63, 3.8) is 0 Å². The predicted octanol–water partition coefficient (Wildman–Crippen LogP) is -0.461.